The first-order chi connectivity index (χ1) is 27.0. The van der Waals surface area contributed by atoms with Crippen molar-refractivity contribution in [1.82, 2.24) is 10.2 Å². The van der Waals surface area contributed by atoms with E-state index in [0.29, 0.717) is 31.2 Å². The molecule has 3 saturated heterocycles. The van der Waals surface area contributed by atoms with Crippen molar-refractivity contribution in [3.05, 3.63) is 150 Å². The molecule has 3 aliphatic rings. The van der Waals surface area contributed by atoms with Crippen LogP contribution in [0.1, 0.15) is 53.9 Å². The Hall–Kier alpha value is -5.07. The lowest BCUT2D eigenvalue weighted by Crippen LogP contribution is -2.48. The van der Waals surface area contributed by atoms with Crippen LogP contribution in [-0.2, 0) is 32.1 Å². The largest absolute Gasteiger partial charge is 0.457 e. The SMILES string of the molecule is O=C(NCc1ccccc1-c1ccc([C@@H]2O[C@H](CN3CCC4(CC3)OCCO4)C[C@H](c3ccc(CO)cc3)O2)cc1)Nc1ccc(Oc2ccccc2)cc1. The normalized spacial score (nSPS) is 20.9. The van der Waals surface area contributed by atoms with Gasteiger partial charge in [0.15, 0.2) is 12.1 Å². The summed E-state index contributed by atoms with van der Waals surface area (Å²) in [5.74, 6) is 1.02. The number of hydrogen-bond acceptors (Lipinski definition) is 8. The smallest absolute Gasteiger partial charge is 0.319 e. The third-order valence-corrected chi connectivity index (χ3v) is 10.5. The van der Waals surface area contributed by atoms with Crippen LogP contribution >= 0.6 is 0 Å². The molecular weight excluding hydrogens is 695 g/mol. The summed E-state index contributed by atoms with van der Waals surface area (Å²) in [6, 6.07) is 40.9. The number of benzene rings is 5. The predicted molar refractivity (Wildman–Crippen MR) is 209 cm³/mol. The Morgan fingerprint density at radius 3 is 2.16 bits per heavy atom. The third-order valence-electron chi connectivity index (χ3n) is 10.5. The zero-order valence-electron chi connectivity index (χ0n) is 30.8. The van der Waals surface area contributed by atoms with Gasteiger partial charge in [-0.2, -0.15) is 0 Å². The molecular formula is C45H47N3O7. The molecule has 0 radical (unpaired) electrons. The third kappa shape index (κ3) is 9.25. The molecule has 1 spiro atoms. The van der Waals surface area contributed by atoms with Gasteiger partial charge in [0.1, 0.15) is 11.5 Å². The van der Waals surface area contributed by atoms with E-state index >= 15 is 0 Å². The Kier molecular flexibility index (Phi) is 11.5. The molecule has 3 heterocycles. The van der Waals surface area contributed by atoms with Crippen LogP contribution in [-0.4, -0.2) is 60.8 Å². The average molecular weight is 742 g/mol. The number of piperidine rings is 1. The molecule has 10 heteroatoms. The quantitative estimate of drug-likeness (QED) is 0.124. The molecule has 0 unspecified atom stereocenters. The highest BCUT2D eigenvalue weighted by molar-refractivity contribution is 5.89. The molecule has 3 aliphatic heterocycles. The molecule has 3 fully saturated rings. The maximum Gasteiger partial charge on any atom is 0.319 e. The summed E-state index contributed by atoms with van der Waals surface area (Å²) in [4.78, 5) is 15.3. The molecule has 3 atom stereocenters. The van der Waals surface area contributed by atoms with Gasteiger partial charge in [-0.05, 0) is 64.2 Å². The monoisotopic (exact) mass is 741 g/mol. The Morgan fingerprint density at radius 2 is 1.44 bits per heavy atom. The van der Waals surface area contributed by atoms with E-state index in [1.807, 2.05) is 97.1 Å². The summed E-state index contributed by atoms with van der Waals surface area (Å²) in [7, 11) is 0. The number of nitrogens with one attached hydrogen (secondary N) is 2. The first kappa shape index (κ1) is 36.9. The van der Waals surface area contributed by atoms with Crippen molar-refractivity contribution >= 4 is 11.7 Å². The van der Waals surface area contributed by atoms with Crippen molar-refractivity contribution in [2.24, 2.45) is 0 Å². The number of aliphatic hydroxyl groups excluding tert-OH is 1. The van der Waals surface area contributed by atoms with E-state index < -0.39 is 12.1 Å². The Balaban J connectivity index is 0.910. The fourth-order valence-electron chi connectivity index (χ4n) is 7.54. The zero-order chi connectivity index (χ0) is 37.5. The summed E-state index contributed by atoms with van der Waals surface area (Å²) in [5, 5.41) is 15.5. The van der Waals surface area contributed by atoms with Crippen molar-refractivity contribution in [2.75, 3.05) is 38.2 Å². The second-order valence-electron chi connectivity index (χ2n) is 14.3. The number of rotatable bonds is 11. The first-order valence-electron chi connectivity index (χ1n) is 19.1. The number of aliphatic hydroxyl groups is 1. The maximum atomic E-state index is 12.9. The van der Waals surface area contributed by atoms with Gasteiger partial charge in [-0.15, -0.1) is 0 Å². The summed E-state index contributed by atoms with van der Waals surface area (Å²) < 4.78 is 31.1. The highest BCUT2D eigenvalue weighted by Crippen LogP contribution is 2.40. The van der Waals surface area contributed by atoms with Crippen LogP contribution in [0.25, 0.3) is 11.1 Å². The molecule has 3 N–H and O–H groups in total. The molecule has 5 aromatic carbocycles. The minimum absolute atomic E-state index is 0.00324. The number of para-hydroxylation sites is 1. The lowest BCUT2D eigenvalue weighted by Gasteiger charge is -2.41. The molecule has 0 bridgehead atoms. The van der Waals surface area contributed by atoms with Crippen molar-refractivity contribution in [3.8, 4) is 22.6 Å². The molecule has 0 aromatic heterocycles. The second kappa shape index (κ2) is 17.2. The number of anilines is 1. The lowest BCUT2D eigenvalue weighted by atomic mass is 9.97. The van der Waals surface area contributed by atoms with Gasteiger partial charge in [-0.25, -0.2) is 4.79 Å². The van der Waals surface area contributed by atoms with Crippen LogP contribution in [0.2, 0.25) is 0 Å². The maximum absolute atomic E-state index is 12.9. The minimum Gasteiger partial charge on any atom is -0.457 e. The van der Waals surface area contributed by atoms with Crippen LogP contribution in [0.15, 0.2) is 127 Å². The van der Waals surface area contributed by atoms with Crippen molar-refractivity contribution in [3.63, 3.8) is 0 Å². The van der Waals surface area contributed by atoms with Crippen LogP contribution < -0.4 is 15.4 Å². The molecule has 10 nitrogen and oxygen atoms in total. The summed E-state index contributed by atoms with van der Waals surface area (Å²) >= 11 is 0. The topological polar surface area (TPSA) is 111 Å². The molecule has 0 aliphatic carbocycles. The number of nitrogens with zero attached hydrogens (tertiary/aromatic N) is 1. The van der Waals surface area contributed by atoms with Crippen LogP contribution in [0, 0.1) is 0 Å². The fourth-order valence-corrected chi connectivity index (χ4v) is 7.54. The van der Waals surface area contributed by atoms with Crippen LogP contribution in [0.5, 0.6) is 11.5 Å². The van der Waals surface area contributed by atoms with Gasteiger partial charge in [0.2, 0.25) is 0 Å². The summed E-state index contributed by atoms with van der Waals surface area (Å²) in [6.45, 7) is 4.27. The minimum atomic E-state index is -0.549. The van der Waals surface area contributed by atoms with Gasteiger partial charge in [-0.3, -0.25) is 0 Å². The summed E-state index contributed by atoms with van der Waals surface area (Å²) in [5.41, 5.74) is 6.58. The first-order valence-corrected chi connectivity index (χ1v) is 19.1. The number of amides is 2. The van der Waals surface area contributed by atoms with E-state index in [2.05, 4.69) is 45.9 Å². The van der Waals surface area contributed by atoms with Gasteiger partial charge in [0, 0.05) is 56.7 Å². The predicted octanol–water partition coefficient (Wildman–Crippen LogP) is 8.34. The standard InChI is InChI=1S/C45H47N3O7/c49-31-32-10-12-34(13-11-32)42-28-40(30-48-24-22-45(23-25-48)51-26-27-52-45)54-43(55-42)35-16-14-33(15-17-35)41-9-5-4-6-36(41)29-46-44(50)47-37-18-20-39(21-19-37)53-38-7-2-1-3-8-38/h1-21,40,42-43,49H,22-31H2,(H2,46,47,50)/t40-,42+,43+/m0/s1. The number of likely N-dealkylation sites (tertiary alicyclic amines) is 1. The highest BCUT2D eigenvalue weighted by Gasteiger charge is 2.41. The molecule has 55 heavy (non-hydrogen) atoms. The highest BCUT2D eigenvalue weighted by atomic mass is 16.7. The number of urea groups is 1. The Bertz CT molecular complexity index is 1990. The van der Waals surface area contributed by atoms with E-state index in [1.54, 1.807) is 0 Å². The van der Waals surface area contributed by atoms with Gasteiger partial charge in [-0.1, -0.05) is 91.0 Å². The molecule has 5 aromatic rings. The van der Waals surface area contributed by atoms with E-state index in [1.165, 1.54) is 0 Å². The second-order valence-corrected chi connectivity index (χ2v) is 14.3. The van der Waals surface area contributed by atoms with Crippen molar-refractivity contribution in [1.29, 1.82) is 0 Å². The number of ether oxygens (including phenoxy) is 5. The lowest BCUT2D eigenvalue weighted by molar-refractivity contribution is -0.255. The molecule has 0 saturated carbocycles. The van der Waals surface area contributed by atoms with Crippen molar-refractivity contribution in [2.45, 2.75) is 56.7 Å². The molecule has 2 amide bonds. The Morgan fingerprint density at radius 1 is 0.764 bits per heavy atom. The van der Waals surface area contributed by atoms with Crippen LogP contribution in [0.3, 0.4) is 0 Å². The number of carbonyl (C=O) groups is 1. The molecule has 284 valence electrons. The van der Waals surface area contributed by atoms with E-state index in [4.69, 9.17) is 23.7 Å². The number of carbonyl (C=O) groups excluding carboxylic acids is 1. The fraction of sp³-hybridized carbons (Fsp3) is 0.311. The van der Waals surface area contributed by atoms with Gasteiger partial charge < -0.3 is 44.3 Å². The van der Waals surface area contributed by atoms with Crippen LogP contribution in [0.4, 0.5) is 10.5 Å². The van der Waals surface area contributed by atoms with Crippen molar-refractivity contribution < 1.29 is 33.6 Å². The average Bonchev–Trinajstić information content (AvgIpc) is 3.70. The van der Waals surface area contributed by atoms with E-state index in [9.17, 15) is 9.90 Å². The van der Waals surface area contributed by atoms with Gasteiger partial charge in [0.05, 0.1) is 32.0 Å². The van der Waals surface area contributed by atoms with E-state index in [-0.39, 0.29) is 24.8 Å². The Labute approximate surface area is 321 Å². The van der Waals surface area contributed by atoms with Gasteiger partial charge in [0.25, 0.3) is 0 Å². The van der Waals surface area contributed by atoms with Gasteiger partial charge >= 0.3 is 6.03 Å². The summed E-state index contributed by atoms with van der Waals surface area (Å²) in [6.07, 6.45) is 1.69. The molecule has 8 rings (SSSR count). The number of hydrogen-bond donors (Lipinski definition) is 3. The zero-order valence-corrected chi connectivity index (χ0v) is 30.8. The van der Waals surface area contributed by atoms with E-state index in [0.717, 1.165) is 78.0 Å².